The van der Waals surface area contributed by atoms with Gasteiger partial charge in [-0.2, -0.15) is 0 Å². The Balaban J connectivity index is -0.000000140. The first-order chi connectivity index (χ1) is 27.3. The maximum absolute atomic E-state index is 7.57. The lowest BCUT2D eigenvalue weighted by atomic mass is 10.2. The van der Waals surface area contributed by atoms with E-state index >= 15 is 0 Å². The lowest BCUT2D eigenvalue weighted by Gasteiger charge is -2.27. The molecule has 0 aromatic heterocycles. The van der Waals surface area contributed by atoms with Crippen LogP contribution in [-0.2, 0) is 58.5 Å². The van der Waals surface area contributed by atoms with Gasteiger partial charge in [-0.25, -0.2) is 0 Å². The molecule has 0 saturated carbocycles. The zero-order valence-electron chi connectivity index (χ0n) is 43.2. The highest BCUT2D eigenvalue weighted by molar-refractivity contribution is 7.30. The van der Waals surface area contributed by atoms with Crippen LogP contribution in [0.1, 0.15) is 76.2 Å². The first-order valence-electron chi connectivity index (χ1n) is 21.6. The fourth-order valence-electron chi connectivity index (χ4n) is 3.45. The Morgan fingerprint density at radius 2 is 0.763 bits per heavy atom. The van der Waals surface area contributed by atoms with Crippen molar-refractivity contribution in [3.8, 4) is 0 Å². The van der Waals surface area contributed by atoms with Gasteiger partial charge in [0.05, 0.1) is 5.60 Å². The van der Waals surface area contributed by atoms with Gasteiger partial charge in [-0.15, -0.1) is 0 Å². The predicted molar refractivity (Wildman–Crippen MR) is 277 cm³/mol. The summed E-state index contributed by atoms with van der Waals surface area (Å²) in [4.78, 5) is 0. The smallest absolute Gasteiger partial charge is 0.193 e. The molecule has 14 nitrogen and oxygen atoms in total. The van der Waals surface area contributed by atoms with E-state index in [1.165, 1.54) is 0 Å². The Bertz CT molecular complexity index is 785. The van der Waals surface area contributed by atoms with Crippen LogP contribution in [0.3, 0.4) is 0 Å². The summed E-state index contributed by atoms with van der Waals surface area (Å²) < 4.78 is 67.7. The Morgan fingerprint density at radius 1 is 0.458 bits per heavy atom. The van der Waals surface area contributed by atoms with Crippen molar-refractivity contribution in [2.75, 3.05) is 81.9 Å². The highest BCUT2D eigenvalue weighted by atomic mass is 29.3. The number of methoxy groups -OCH3 is 3. The average molecular weight is 1030 g/mol. The van der Waals surface area contributed by atoms with Gasteiger partial charge in [0.25, 0.3) is 0 Å². The van der Waals surface area contributed by atoms with E-state index < -0.39 is 51.3 Å². The van der Waals surface area contributed by atoms with E-state index in [4.69, 9.17) is 58.8 Å². The standard InChI is InChI=1S/C8H22O2Si2.C6H18O3Si2.C6H14O.C5H16O3Si2.C4H10O2.2C2H8OSi2.C2H6O/c1-7-9-11(5)12(6)10-8(2,3)4;1-5-8-10(3)11(4)9-6-7-2;1-5-7-6(2,3)4;1-6-5-8-10(4)9(3)7-2;1-3-6-4-5-2;2*1-4-3-5(4)2;1-2-3/h11-12H,7H2,1-6H3;10-11H,5-6H2,1-4H3;5H2,1-4H3;9-10H,5H2,1-4H3;3-4H2,1-2H3;2*4-5H,1-2H3;3H,2H2,1H3/t11-,12+;10-,11+;;9-,10+;;2*4-,5+;/m00.1..../s1. The quantitative estimate of drug-likeness (QED) is 0.0856. The Morgan fingerprint density at radius 3 is 0.949 bits per heavy atom. The van der Waals surface area contributed by atoms with E-state index in [0.717, 1.165) is 26.4 Å². The van der Waals surface area contributed by atoms with Crippen molar-refractivity contribution < 1.29 is 63.6 Å². The molecule has 0 amide bonds. The molecule has 0 aromatic rings. The molecule has 1 N–H and O–H groups in total. The maximum atomic E-state index is 7.57. The third kappa shape index (κ3) is 68.8. The van der Waals surface area contributed by atoms with E-state index in [-0.39, 0.29) is 52.0 Å². The van der Waals surface area contributed by atoms with Crippen LogP contribution in [0.2, 0.25) is 65.5 Å². The molecular weight excluding hydrogens is 925 g/mol. The molecule has 2 heterocycles. The number of hydrogen-bond acceptors (Lipinski definition) is 14. The number of rotatable bonds is 19. The molecule has 2 aliphatic rings. The molecule has 0 spiro atoms. The molecule has 0 aliphatic carbocycles. The van der Waals surface area contributed by atoms with E-state index in [2.05, 4.69) is 119 Å². The number of aliphatic hydroxyl groups is 1. The van der Waals surface area contributed by atoms with Crippen LogP contribution in [0, 0.1) is 0 Å². The second-order valence-corrected chi connectivity index (χ2v) is 62.1. The normalized spacial score (nSPS) is 20.4. The zero-order chi connectivity index (χ0) is 47.6. The second kappa shape index (κ2) is 49.1. The van der Waals surface area contributed by atoms with Gasteiger partial charge in [-0.05, 0) is 142 Å². The lowest BCUT2D eigenvalue weighted by molar-refractivity contribution is -0.0250. The number of ether oxygens (including phenoxy) is 5. The van der Waals surface area contributed by atoms with Crippen molar-refractivity contribution in [2.45, 2.75) is 153 Å². The molecule has 2 rings (SSSR count). The largest absolute Gasteiger partial charge is 0.461 e. The molecule has 24 heteroatoms. The van der Waals surface area contributed by atoms with Crippen LogP contribution < -0.4 is 0 Å². The number of aliphatic hydroxyl groups excluding tert-OH is 1. The van der Waals surface area contributed by atoms with Crippen molar-refractivity contribution in [3.05, 3.63) is 0 Å². The molecule has 2 fully saturated rings. The monoisotopic (exact) mass is 1030 g/mol. The molecule has 366 valence electrons. The van der Waals surface area contributed by atoms with Crippen LogP contribution in [0.4, 0.5) is 0 Å². The van der Waals surface area contributed by atoms with Crippen LogP contribution in [-0.4, -0.2) is 184 Å². The summed E-state index contributed by atoms with van der Waals surface area (Å²) in [6.07, 6.45) is 0. The van der Waals surface area contributed by atoms with Crippen molar-refractivity contribution in [1.29, 1.82) is 0 Å². The number of hydrogen-bond donors (Lipinski definition) is 1. The van der Waals surface area contributed by atoms with Gasteiger partial charge in [-0.1, -0.05) is 0 Å². The molecular formula is C35H102O14Si10. The molecule has 2 saturated heterocycles. The summed E-state index contributed by atoms with van der Waals surface area (Å²) in [5, 5.41) is 7.57. The van der Waals surface area contributed by atoms with Crippen molar-refractivity contribution in [3.63, 3.8) is 0 Å². The Labute approximate surface area is 381 Å². The maximum Gasteiger partial charge on any atom is 0.193 e. The molecule has 2 aliphatic heterocycles. The molecule has 0 radical (unpaired) electrons. The van der Waals surface area contributed by atoms with Crippen LogP contribution in [0.5, 0.6) is 0 Å². The molecule has 59 heavy (non-hydrogen) atoms. The van der Waals surface area contributed by atoms with Gasteiger partial charge in [0, 0.05) is 67.1 Å². The second-order valence-electron chi connectivity index (χ2n) is 15.6. The summed E-state index contributed by atoms with van der Waals surface area (Å²) in [6.45, 7) is 49.2. The minimum Gasteiger partial charge on any atom is -0.461 e. The summed E-state index contributed by atoms with van der Waals surface area (Å²) in [5.41, 5.74) is 0.0682. The van der Waals surface area contributed by atoms with E-state index in [1.54, 1.807) is 35.4 Å². The molecule has 0 bridgehead atoms. The fourth-order valence-corrected chi connectivity index (χ4v) is 26.2. The SMILES string of the molecule is CCO.CCOC(C)(C)C.CCOCOC.CCO[Si@H](C)[Si@H](C)OC(C)(C)C.CCO[Si@H](C)[Si@H](C)OCOC.COCO[Si@H](C)[Si@H](C)OC.C[Si@@H]1O[Si@@H]1C.C[Si@@H]1O[Si@@H]1C. The van der Waals surface area contributed by atoms with Crippen LogP contribution in [0.25, 0.3) is 0 Å². The van der Waals surface area contributed by atoms with Gasteiger partial charge in [0.1, 0.15) is 20.4 Å². The van der Waals surface area contributed by atoms with Gasteiger partial charge < -0.3 is 63.6 Å². The van der Waals surface area contributed by atoms with Gasteiger partial charge in [0.15, 0.2) is 85.6 Å². The third-order valence-corrected chi connectivity index (χ3v) is 48.1. The molecule has 0 unspecified atom stereocenters. The van der Waals surface area contributed by atoms with E-state index in [1.807, 2.05) is 20.8 Å². The topological polar surface area (TPSA) is 147 Å². The van der Waals surface area contributed by atoms with E-state index in [0.29, 0.717) is 20.4 Å². The first kappa shape index (κ1) is 72.2. The average Bonchev–Trinajstić information content (AvgIpc) is 4.03. The van der Waals surface area contributed by atoms with Gasteiger partial charge >= 0.3 is 0 Å². The third-order valence-electron chi connectivity index (χ3n) is 7.66. The van der Waals surface area contributed by atoms with Crippen LogP contribution in [0.15, 0.2) is 0 Å². The van der Waals surface area contributed by atoms with Crippen LogP contribution >= 0.6 is 0 Å². The Hall–Kier alpha value is 1.61. The Kier molecular flexibility index (Phi) is 60.0. The van der Waals surface area contributed by atoms with Crippen molar-refractivity contribution in [1.82, 2.24) is 0 Å². The first-order valence-corrected chi connectivity index (χ1v) is 51.2. The zero-order valence-corrected chi connectivity index (χ0v) is 54.7. The predicted octanol–water partition coefficient (Wildman–Crippen LogP) is 4.14. The van der Waals surface area contributed by atoms with Crippen molar-refractivity contribution in [2.24, 2.45) is 0 Å². The summed E-state index contributed by atoms with van der Waals surface area (Å²) in [6, 6.07) is 0. The highest BCUT2D eigenvalue weighted by Crippen LogP contribution is 2.11. The molecule has 0 aromatic carbocycles. The summed E-state index contributed by atoms with van der Waals surface area (Å²) in [5.74, 6) is 0. The summed E-state index contributed by atoms with van der Waals surface area (Å²) in [7, 11) is -0.749. The lowest BCUT2D eigenvalue weighted by Crippen LogP contribution is -2.41. The molecule has 10 atom stereocenters. The van der Waals surface area contributed by atoms with Gasteiger partial charge in [0.2, 0.25) is 0 Å². The minimum absolute atomic E-state index is 0.0179. The minimum atomic E-state index is -1.04. The highest BCUT2D eigenvalue weighted by Gasteiger charge is 2.32. The van der Waals surface area contributed by atoms with E-state index in [9.17, 15) is 0 Å². The summed E-state index contributed by atoms with van der Waals surface area (Å²) >= 11 is 0. The van der Waals surface area contributed by atoms with Crippen molar-refractivity contribution >= 4 is 85.6 Å². The van der Waals surface area contributed by atoms with Gasteiger partial charge in [-0.3, -0.25) is 0 Å². The fraction of sp³-hybridized carbons (Fsp3) is 1.00.